The highest BCUT2D eigenvalue weighted by molar-refractivity contribution is 6.36. The maximum absolute atomic E-state index is 10.1. The molecule has 0 saturated carbocycles. The van der Waals surface area contributed by atoms with Gasteiger partial charge < -0.3 is 19.0 Å². The molecule has 0 spiro atoms. The molecule has 0 unspecified atom stereocenters. The van der Waals surface area contributed by atoms with Crippen LogP contribution in [0.15, 0.2) is 0 Å². The molecule has 0 rings (SSSR count). The predicted molar refractivity (Wildman–Crippen MR) is 138 cm³/mol. The summed E-state index contributed by atoms with van der Waals surface area (Å²) in [5.41, 5.74) is 0. The van der Waals surface area contributed by atoms with Gasteiger partial charge in [0.25, 0.3) is 0 Å². The van der Waals surface area contributed by atoms with E-state index in [-0.39, 0.29) is 0 Å². The Labute approximate surface area is 198 Å². The van der Waals surface area contributed by atoms with Crippen LogP contribution < -0.4 is 10.0 Å². The molecular formula is C26H61BN2O2. The number of nitrogens with zero attached hydrogens (tertiary/aromatic N) is 2. The molecule has 0 amide bonds. The zero-order valence-corrected chi connectivity index (χ0v) is 23.3. The minimum absolute atomic E-state index is 0.314. The van der Waals surface area contributed by atoms with E-state index in [0.29, 0.717) is 6.32 Å². The smallest absolute Gasteiger partial charge is 0.0757 e. The van der Waals surface area contributed by atoms with Crippen molar-refractivity contribution in [3.8, 4) is 0 Å². The molecule has 0 aliphatic rings. The molecule has 0 N–H and O–H groups in total. The van der Waals surface area contributed by atoms with Crippen molar-refractivity contribution in [1.29, 1.82) is 0 Å². The van der Waals surface area contributed by atoms with Gasteiger partial charge in [-0.15, -0.1) is 13.4 Å². The van der Waals surface area contributed by atoms with Gasteiger partial charge in [-0.2, -0.15) is 0 Å². The second-order valence-corrected chi connectivity index (χ2v) is 8.91. The fourth-order valence-electron chi connectivity index (χ4n) is 4.13. The Kier molecular flexibility index (Phi) is 28.1. The molecule has 0 bridgehead atoms. The van der Waals surface area contributed by atoms with Gasteiger partial charge in [0.2, 0.25) is 0 Å². The number of hydrogen-bond donors (Lipinski definition) is 0. The van der Waals surface area contributed by atoms with Gasteiger partial charge >= 0.3 is 0 Å². The summed E-state index contributed by atoms with van der Waals surface area (Å²) in [7, 11) is -1.60. The van der Waals surface area contributed by atoms with E-state index in [2.05, 4.69) is 62.3 Å². The molecule has 0 aliphatic carbocycles. The van der Waals surface area contributed by atoms with Gasteiger partial charge in [0.1, 0.15) is 0 Å². The molecule has 0 aromatic rings. The Hall–Kier alpha value is -0.0951. The van der Waals surface area contributed by atoms with Crippen molar-refractivity contribution in [2.24, 2.45) is 0 Å². The van der Waals surface area contributed by atoms with E-state index < -0.39 is 7.12 Å². The summed E-state index contributed by atoms with van der Waals surface area (Å²) in [6, 6.07) is 0. The lowest BCUT2D eigenvalue weighted by molar-refractivity contribution is -0.921. The molecule has 4 nitrogen and oxygen atoms in total. The average molecular weight is 445 g/mol. The van der Waals surface area contributed by atoms with E-state index in [1.54, 1.807) is 0 Å². The first-order valence-corrected chi connectivity index (χ1v) is 13.8. The van der Waals surface area contributed by atoms with E-state index >= 15 is 0 Å². The van der Waals surface area contributed by atoms with Crippen LogP contribution in [0.2, 0.25) is 6.32 Å². The third-order valence-corrected chi connectivity index (χ3v) is 7.66. The van der Waals surface area contributed by atoms with Gasteiger partial charge in [0.15, 0.2) is 0 Å². The number of hydrogen-bond acceptors (Lipinski definition) is 2. The van der Waals surface area contributed by atoms with Crippen LogP contribution in [0.25, 0.3) is 0 Å². The highest BCUT2D eigenvalue weighted by atomic mass is 16.4. The van der Waals surface area contributed by atoms with Crippen LogP contribution in [-0.2, 0) is 0 Å². The van der Waals surface area contributed by atoms with Crippen LogP contribution in [0, 0.1) is 0 Å². The first-order valence-electron chi connectivity index (χ1n) is 13.8. The first kappa shape index (κ1) is 35.5. The maximum Gasteiger partial charge on any atom is 0.0757 e. The summed E-state index contributed by atoms with van der Waals surface area (Å²) >= 11 is 0. The van der Waals surface area contributed by atoms with Crippen molar-refractivity contribution >= 4 is 7.12 Å². The quantitative estimate of drug-likeness (QED) is 0.178. The summed E-state index contributed by atoms with van der Waals surface area (Å²) in [6.07, 6.45) is 9.93. The van der Waals surface area contributed by atoms with Crippen molar-refractivity contribution in [3.05, 3.63) is 0 Å². The minimum atomic E-state index is -1.60. The molecule has 0 radical (unpaired) electrons. The van der Waals surface area contributed by atoms with Gasteiger partial charge in [0, 0.05) is 0 Å². The van der Waals surface area contributed by atoms with E-state index in [1.165, 1.54) is 99.8 Å². The lowest BCUT2D eigenvalue weighted by Crippen LogP contribution is -2.47. The lowest BCUT2D eigenvalue weighted by atomic mass is 9.83. The van der Waals surface area contributed by atoms with E-state index in [1.807, 2.05) is 0 Å². The SMILES string of the molecule is CCCCCCCCCCB([O-])[O-].CC[N+](CC)(CC)CC.CC[N+](CC)(CC)CC. The van der Waals surface area contributed by atoms with Gasteiger partial charge in [-0.25, -0.2) is 0 Å². The Morgan fingerprint density at radius 3 is 0.871 bits per heavy atom. The first-order chi connectivity index (χ1) is 14.8. The molecule has 0 aliphatic heterocycles. The topological polar surface area (TPSA) is 46.1 Å². The Balaban J connectivity index is -0.000000390. The van der Waals surface area contributed by atoms with Crippen molar-refractivity contribution in [2.45, 2.75) is 120 Å². The molecule has 0 fully saturated rings. The van der Waals surface area contributed by atoms with Crippen LogP contribution in [0.3, 0.4) is 0 Å². The van der Waals surface area contributed by atoms with Crippen LogP contribution >= 0.6 is 0 Å². The van der Waals surface area contributed by atoms with Gasteiger partial charge in [-0.1, -0.05) is 58.3 Å². The molecule has 0 heterocycles. The van der Waals surface area contributed by atoms with Crippen LogP contribution in [0.4, 0.5) is 0 Å². The van der Waals surface area contributed by atoms with Crippen molar-refractivity contribution in [1.82, 2.24) is 0 Å². The standard InChI is InChI=1S/C10H21BO2.2C8H20N/c1-2-3-4-5-6-7-8-9-10-11(12)13;2*1-5-9(6-2,7-3)8-4/h2-10H2,1H3;2*5-8H2,1-4H3/q-2;2*+1. The summed E-state index contributed by atoms with van der Waals surface area (Å²) in [5.74, 6) is 0. The number of rotatable bonds is 17. The summed E-state index contributed by atoms with van der Waals surface area (Å²) in [6.45, 7) is 30.7. The average Bonchev–Trinajstić information content (AvgIpc) is 2.80. The van der Waals surface area contributed by atoms with Crippen LogP contribution in [-0.4, -0.2) is 68.4 Å². The number of unbranched alkanes of at least 4 members (excludes halogenated alkanes) is 7. The third-order valence-electron chi connectivity index (χ3n) is 7.66. The molecule has 0 atom stereocenters. The van der Waals surface area contributed by atoms with Crippen molar-refractivity contribution < 1.29 is 19.0 Å². The third kappa shape index (κ3) is 20.3. The monoisotopic (exact) mass is 444 g/mol. The Morgan fingerprint density at radius 2 is 0.677 bits per heavy atom. The maximum atomic E-state index is 10.1. The Bertz CT molecular complexity index is 278. The highest BCUT2D eigenvalue weighted by Crippen LogP contribution is 2.09. The van der Waals surface area contributed by atoms with Crippen LogP contribution in [0.5, 0.6) is 0 Å². The van der Waals surface area contributed by atoms with Crippen LogP contribution in [0.1, 0.15) is 114 Å². The molecule has 0 aromatic carbocycles. The van der Waals surface area contributed by atoms with E-state index in [0.717, 1.165) is 12.8 Å². The minimum Gasteiger partial charge on any atom is -0.893 e. The predicted octanol–water partition coefficient (Wildman–Crippen LogP) is 5.10. The van der Waals surface area contributed by atoms with Gasteiger partial charge in [-0.05, 0) is 55.4 Å². The molecule has 5 heteroatoms. The zero-order chi connectivity index (χ0) is 24.6. The number of quaternary nitrogens is 2. The molecular weight excluding hydrogens is 383 g/mol. The molecule has 190 valence electrons. The summed E-state index contributed by atoms with van der Waals surface area (Å²) in [5, 5.41) is 20.3. The van der Waals surface area contributed by atoms with Crippen molar-refractivity contribution in [2.75, 3.05) is 52.4 Å². The van der Waals surface area contributed by atoms with Gasteiger partial charge in [0.05, 0.1) is 52.4 Å². The fraction of sp³-hybridized carbons (Fsp3) is 1.00. The molecule has 0 aromatic heterocycles. The van der Waals surface area contributed by atoms with E-state index in [4.69, 9.17) is 0 Å². The fourth-order valence-corrected chi connectivity index (χ4v) is 4.13. The molecule has 0 saturated heterocycles. The molecule has 31 heavy (non-hydrogen) atoms. The Morgan fingerprint density at radius 1 is 0.419 bits per heavy atom. The van der Waals surface area contributed by atoms with Crippen molar-refractivity contribution in [3.63, 3.8) is 0 Å². The normalized spacial score (nSPS) is 11.3. The summed E-state index contributed by atoms with van der Waals surface area (Å²) in [4.78, 5) is 0. The van der Waals surface area contributed by atoms with E-state index in [9.17, 15) is 10.0 Å². The largest absolute Gasteiger partial charge is 0.893 e. The van der Waals surface area contributed by atoms with Gasteiger partial charge in [-0.3, -0.25) is 0 Å². The second kappa shape index (κ2) is 24.5. The zero-order valence-electron chi connectivity index (χ0n) is 23.3. The lowest BCUT2D eigenvalue weighted by Gasteiger charge is -2.34. The summed E-state index contributed by atoms with van der Waals surface area (Å²) < 4.78 is 2.56. The highest BCUT2D eigenvalue weighted by Gasteiger charge is 2.16. The second-order valence-electron chi connectivity index (χ2n) is 8.91.